The zero-order chi connectivity index (χ0) is 19.4. The number of pyridine rings is 1. The van der Waals surface area contributed by atoms with Crippen LogP contribution in [-0.2, 0) is 6.18 Å². The maximum atomic E-state index is 13.0. The zero-order valence-electron chi connectivity index (χ0n) is 13.7. The number of hydrogen-bond donors (Lipinski definition) is 2. The Labute approximate surface area is 151 Å². The van der Waals surface area contributed by atoms with Crippen molar-refractivity contribution in [2.45, 2.75) is 6.18 Å². The van der Waals surface area contributed by atoms with Gasteiger partial charge in [0.15, 0.2) is 0 Å². The van der Waals surface area contributed by atoms with E-state index in [-0.39, 0.29) is 11.4 Å². The smallest absolute Gasteiger partial charge is 0.354 e. The van der Waals surface area contributed by atoms with Crippen molar-refractivity contribution in [3.63, 3.8) is 0 Å². The van der Waals surface area contributed by atoms with Gasteiger partial charge in [-0.15, -0.1) is 0 Å². The standard InChI is InChI=1S/C19H13F4N3O/c20-12-5-7-13(8-6-12)26-18(27)17-10-9-14(11-24-17)25-16-4-2-1-3-15(16)19(21,22)23/h1-11,25H,(H,26,27). The van der Waals surface area contributed by atoms with Crippen LogP contribution in [0, 0.1) is 5.82 Å². The number of amides is 1. The normalized spacial score (nSPS) is 11.1. The second-order valence-electron chi connectivity index (χ2n) is 5.56. The van der Waals surface area contributed by atoms with E-state index in [1.165, 1.54) is 60.8 Å². The van der Waals surface area contributed by atoms with E-state index in [0.717, 1.165) is 6.07 Å². The molecule has 0 aliphatic carbocycles. The van der Waals surface area contributed by atoms with Gasteiger partial charge < -0.3 is 10.6 Å². The number of anilines is 3. The van der Waals surface area contributed by atoms with Crippen LogP contribution < -0.4 is 10.6 Å². The number of rotatable bonds is 4. The number of nitrogens with one attached hydrogen (secondary N) is 2. The second-order valence-corrected chi connectivity index (χ2v) is 5.56. The molecule has 0 fully saturated rings. The summed E-state index contributed by atoms with van der Waals surface area (Å²) in [5.74, 6) is -0.954. The van der Waals surface area contributed by atoms with Gasteiger partial charge in [-0.1, -0.05) is 12.1 Å². The molecule has 0 atom stereocenters. The summed E-state index contributed by atoms with van der Waals surface area (Å²) in [6.07, 6.45) is -3.24. The third-order valence-corrected chi connectivity index (χ3v) is 3.61. The van der Waals surface area contributed by atoms with Crippen molar-refractivity contribution in [3.8, 4) is 0 Å². The largest absolute Gasteiger partial charge is 0.418 e. The first kappa shape index (κ1) is 18.4. The van der Waals surface area contributed by atoms with Crippen molar-refractivity contribution in [1.29, 1.82) is 0 Å². The molecule has 1 heterocycles. The van der Waals surface area contributed by atoms with Crippen molar-refractivity contribution >= 4 is 23.0 Å². The number of carbonyl (C=O) groups excluding carboxylic acids is 1. The second kappa shape index (κ2) is 7.45. The van der Waals surface area contributed by atoms with Crippen molar-refractivity contribution in [2.75, 3.05) is 10.6 Å². The average molecular weight is 375 g/mol. The molecule has 1 aromatic heterocycles. The summed E-state index contributed by atoms with van der Waals surface area (Å²) in [4.78, 5) is 16.1. The number of hydrogen-bond acceptors (Lipinski definition) is 3. The van der Waals surface area contributed by atoms with Crippen LogP contribution in [0.5, 0.6) is 0 Å². The van der Waals surface area contributed by atoms with Crippen molar-refractivity contribution in [2.24, 2.45) is 0 Å². The zero-order valence-corrected chi connectivity index (χ0v) is 13.7. The van der Waals surface area contributed by atoms with Gasteiger partial charge in [-0.2, -0.15) is 13.2 Å². The first-order valence-corrected chi connectivity index (χ1v) is 7.79. The SMILES string of the molecule is O=C(Nc1ccc(F)cc1)c1ccc(Nc2ccccc2C(F)(F)F)cn1. The van der Waals surface area contributed by atoms with Gasteiger partial charge >= 0.3 is 6.18 Å². The molecule has 2 N–H and O–H groups in total. The van der Waals surface area contributed by atoms with E-state index < -0.39 is 23.5 Å². The number of aromatic nitrogens is 1. The fourth-order valence-electron chi connectivity index (χ4n) is 2.33. The van der Waals surface area contributed by atoms with E-state index in [1.807, 2.05) is 0 Å². The molecular formula is C19H13F4N3O. The molecule has 0 bridgehead atoms. The number of carbonyl (C=O) groups is 1. The van der Waals surface area contributed by atoms with Crippen LogP contribution in [0.15, 0.2) is 66.9 Å². The molecule has 138 valence electrons. The van der Waals surface area contributed by atoms with E-state index >= 15 is 0 Å². The van der Waals surface area contributed by atoms with Gasteiger partial charge in [0.2, 0.25) is 0 Å². The van der Waals surface area contributed by atoms with Crippen LogP contribution in [-0.4, -0.2) is 10.9 Å². The Balaban J connectivity index is 1.72. The molecule has 0 saturated carbocycles. The van der Waals surface area contributed by atoms with Crippen LogP contribution in [0.3, 0.4) is 0 Å². The van der Waals surface area contributed by atoms with Crippen LogP contribution in [0.2, 0.25) is 0 Å². The predicted octanol–water partition coefficient (Wildman–Crippen LogP) is 5.24. The summed E-state index contributed by atoms with van der Waals surface area (Å²) in [6.45, 7) is 0. The Morgan fingerprint density at radius 2 is 1.56 bits per heavy atom. The van der Waals surface area contributed by atoms with Crippen molar-refractivity contribution < 1.29 is 22.4 Å². The van der Waals surface area contributed by atoms with Gasteiger partial charge in [0.1, 0.15) is 11.5 Å². The molecular weight excluding hydrogens is 362 g/mol. The highest BCUT2D eigenvalue weighted by molar-refractivity contribution is 6.02. The van der Waals surface area contributed by atoms with Gasteiger partial charge in [-0.3, -0.25) is 4.79 Å². The molecule has 3 aromatic rings. The van der Waals surface area contributed by atoms with E-state index in [4.69, 9.17) is 0 Å². The maximum Gasteiger partial charge on any atom is 0.418 e. The monoisotopic (exact) mass is 375 g/mol. The van der Waals surface area contributed by atoms with Gasteiger partial charge in [0.05, 0.1) is 23.1 Å². The minimum atomic E-state index is -4.49. The van der Waals surface area contributed by atoms with Crippen molar-refractivity contribution in [3.05, 3.63) is 83.9 Å². The van der Waals surface area contributed by atoms with Crippen LogP contribution >= 0.6 is 0 Å². The van der Waals surface area contributed by atoms with Gasteiger partial charge in [-0.05, 0) is 48.5 Å². The molecule has 1 amide bonds. The predicted molar refractivity (Wildman–Crippen MR) is 93.3 cm³/mol. The van der Waals surface area contributed by atoms with Gasteiger partial charge in [-0.25, -0.2) is 9.37 Å². The summed E-state index contributed by atoms with van der Waals surface area (Å²) < 4.78 is 51.9. The fourth-order valence-corrected chi connectivity index (χ4v) is 2.33. The third kappa shape index (κ3) is 4.60. The minimum Gasteiger partial charge on any atom is -0.354 e. The highest BCUT2D eigenvalue weighted by Gasteiger charge is 2.33. The molecule has 0 aliphatic heterocycles. The molecule has 4 nitrogen and oxygen atoms in total. The minimum absolute atomic E-state index is 0.0639. The molecule has 0 radical (unpaired) electrons. The first-order chi connectivity index (χ1) is 12.8. The molecule has 27 heavy (non-hydrogen) atoms. The number of alkyl halides is 3. The summed E-state index contributed by atoms with van der Waals surface area (Å²) in [6, 6.07) is 13.1. The molecule has 8 heteroatoms. The molecule has 0 saturated heterocycles. The fraction of sp³-hybridized carbons (Fsp3) is 0.0526. The number of para-hydroxylation sites is 1. The van der Waals surface area contributed by atoms with E-state index in [9.17, 15) is 22.4 Å². The lowest BCUT2D eigenvalue weighted by Crippen LogP contribution is -2.13. The van der Waals surface area contributed by atoms with Gasteiger partial charge in [0.25, 0.3) is 5.91 Å². The molecule has 0 unspecified atom stereocenters. The van der Waals surface area contributed by atoms with E-state index in [0.29, 0.717) is 11.4 Å². The molecule has 0 spiro atoms. The lowest BCUT2D eigenvalue weighted by atomic mass is 10.1. The highest BCUT2D eigenvalue weighted by atomic mass is 19.4. The Bertz CT molecular complexity index is 938. The Morgan fingerprint density at radius 3 is 2.19 bits per heavy atom. The Morgan fingerprint density at radius 1 is 0.889 bits per heavy atom. The summed E-state index contributed by atoms with van der Waals surface area (Å²) >= 11 is 0. The lowest BCUT2D eigenvalue weighted by Gasteiger charge is -2.14. The van der Waals surface area contributed by atoms with Crippen LogP contribution in [0.4, 0.5) is 34.6 Å². The average Bonchev–Trinajstić information content (AvgIpc) is 2.64. The summed E-state index contributed by atoms with van der Waals surface area (Å²) in [5.41, 5.74) is -0.165. The van der Waals surface area contributed by atoms with Crippen molar-refractivity contribution in [1.82, 2.24) is 4.98 Å². The Hall–Kier alpha value is -3.42. The quantitative estimate of drug-likeness (QED) is 0.614. The molecule has 3 rings (SSSR count). The number of benzene rings is 2. The number of halogens is 4. The van der Waals surface area contributed by atoms with E-state index in [2.05, 4.69) is 15.6 Å². The number of nitrogens with zero attached hydrogens (tertiary/aromatic N) is 1. The van der Waals surface area contributed by atoms with Crippen LogP contribution in [0.25, 0.3) is 0 Å². The molecule has 0 aliphatic rings. The maximum absolute atomic E-state index is 13.0. The van der Waals surface area contributed by atoms with E-state index in [1.54, 1.807) is 0 Å². The Kier molecular flexibility index (Phi) is 5.07. The summed E-state index contributed by atoms with van der Waals surface area (Å²) in [7, 11) is 0. The molecule has 2 aromatic carbocycles. The topological polar surface area (TPSA) is 54.0 Å². The summed E-state index contributed by atoms with van der Waals surface area (Å²) in [5, 5.41) is 5.19. The first-order valence-electron chi connectivity index (χ1n) is 7.79. The third-order valence-electron chi connectivity index (χ3n) is 3.61. The highest BCUT2D eigenvalue weighted by Crippen LogP contribution is 2.35. The lowest BCUT2D eigenvalue weighted by molar-refractivity contribution is -0.136. The van der Waals surface area contributed by atoms with Crippen LogP contribution in [0.1, 0.15) is 16.1 Å². The van der Waals surface area contributed by atoms with Gasteiger partial charge in [0, 0.05) is 5.69 Å².